The van der Waals surface area contributed by atoms with E-state index in [1.54, 1.807) is 18.9 Å². The van der Waals surface area contributed by atoms with Gasteiger partial charge in [0.15, 0.2) is 0 Å². The molecule has 1 heterocycles. The summed E-state index contributed by atoms with van der Waals surface area (Å²) in [7, 11) is 1.56. The molecule has 1 aliphatic rings. The summed E-state index contributed by atoms with van der Waals surface area (Å²) in [6.07, 6.45) is -0.433. The van der Waals surface area contributed by atoms with Crippen LogP contribution in [0.3, 0.4) is 0 Å². The second kappa shape index (κ2) is 6.58. The van der Waals surface area contributed by atoms with Gasteiger partial charge in [0, 0.05) is 13.6 Å². The summed E-state index contributed by atoms with van der Waals surface area (Å²) in [4.78, 5) is 26.6. The minimum Gasteiger partial charge on any atom is -0.450 e. The van der Waals surface area contributed by atoms with Gasteiger partial charge in [0.25, 0.3) is 0 Å². The molecule has 0 radical (unpaired) electrons. The number of morpholine rings is 1. The molecule has 6 heteroatoms. The fourth-order valence-corrected chi connectivity index (χ4v) is 1.84. The van der Waals surface area contributed by atoms with E-state index in [1.807, 2.05) is 13.8 Å². The molecule has 1 fully saturated rings. The summed E-state index contributed by atoms with van der Waals surface area (Å²) < 4.78 is 10.3. The second-order valence-electron chi connectivity index (χ2n) is 4.59. The van der Waals surface area contributed by atoms with Crippen molar-refractivity contribution in [3.8, 4) is 0 Å². The molecule has 1 rings (SSSR count). The van der Waals surface area contributed by atoms with Crippen molar-refractivity contribution in [2.24, 2.45) is 0 Å². The van der Waals surface area contributed by atoms with Crippen LogP contribution in [0.5, 0.6) is 0 Å². The lowest BCUT2D eigenvalue weighted by Crippen LogP contribution is -2.53. The van der Waals surface area contributed by atoms with Crippen molar-refractivity contribution in [1.82, 2.24) is 9.80 Å². The van der Waals surface area contributed by atoms with Gasteiger partial charge < -0.3 is 19.3 Å². The number of rotatable bonds is 3. The van der Waals surface area contributed by atoms with E-state index in [4.69, 9.17) is 9.47 Å². The topological polar surface area (TPSA) is 59.1 Å². The van der Waals surface area contributed by atoms with Crippen molar-refractivity contribution in [3.05, 3.63) is 0 Å². The monoisotopic (exact) mass is 258 g/mol. The Morgan fingerprint density at radius 1 is 1.44 bits per heavy atom. The third-order valence-electron chi connectivity index (χ3n) is 2.88. The molecular formula is C12H22N2O4. The lowest BCUT2D eigenvalue weighted by molar-refractivity contribution is -0.143. The van der Waals surface area contributed by atoms with Crippen molar-refractivity contribution in [3.63, 3.8) is 0 Å². The number of carbonyl (C=O) groups excluding carboxylic acids is 2. The minimum atomic E-state index is -0.472. The third-order valence-corrected chi connectivity index (χ3v) is 2.88. The van der Waals surface area contributed by atoms with Gasteiger partial charge in [-0.1, -0.05) is 0 Å². The number of hydrogen-bond acceptors (Lipinski definition) is 4. The molecule has 0 aromatic heterocycles. The van der Waals surface area contributed by atoms with E-state index in [1.165, 1.54) is 4.90 Å². The van der Waals surface area contributed by atoms with Gasteiger partial charge in [-0.2, -0.15) is 0 Å². The fourth-order valence-electron chi connectivity index (χ4n) is 1.84. The Morgan fingerprint density at radius 3 is 2.72 bits per heavy atom. The first-order valence-corrected chi connectivity index (χ1v) is 6.24. The largest absolute Gasteiger partial charge is 0.450 e. The van der Waals surface area contributed by atoms with Gasteiger partial charge in [-0.15, -0.1) is 0 Å². The molecule has 0 saturated carbocycles. The first-order valence-electron chi connectivity index (χ1n) is 6.24. The van der Waals surface area contributed by atoms with Gasteiger partial charge in [-0.05, 0) is 20.8 Å². The molecule has 0 spiro atoms. The van der Waals surface area contributed by atoms with Crippen LogP contribution in [0, 0.1) is 0 Å². The number of hydrogen-bond donors (Lipinski definition) is 0. The summed E-state index contributed by atoms with van der Waals surface area (Å²) in [5.74, 6) is -0.0757. The number of nitrogens with zero attached hydrogens (tertiary/aromatic N) is 2. The van der Waals surface area contributed by atoms with Gasteiger partial charge in [-0.3, -0.25) is 4.79 Å². The van der Waals surface area contributed by atoms with E-state index in [0.29, 0.717) is 19.8 Å². The SMILES string of the molecule is CCOC(=O)N(C)CC(=O)N1C[C@@H](C)OC[C@@H]1C. The van der Waals surface area contributed by atoms with Gasteiger partial charge in [-0.25, -0.2) is 4.79 Å². The van der Waals surface area contributed by atoms with Crippen LogP contribution >= 0.6 is 0 Å². The molecule has 0 bridgehead atoms. The lowest BCUT2D eigenvalue weighted by atomic mass is 10.2. The minimum absolute atomic E-state index is 0.0376. The van der Waals surface area contributed by atoms with Gasteiger partial charge in [0.1, 0.15) is 6.54 Å². The Kier molecular flexibility index (Phi) is 5.40. The van der Waals surface area contributed by atoms with E-state index < -0.39 is 6.09 Å². The number of amides is 2. The highest BCUT2D eigenvalue weighted by molar-refractivity contribution is 5.82. The predicted octanol–water partition coefficient (Wildman–Crippen LogP) is 0.711. The summed E-state index contributed by atoms with van der Waals surface area (Å²) in [6.45, 7) is 7.06. The number of likely N-dealkylation sites (N-methyl/N-ethyl adjacent to an activating group) is 1. The zero-order chi connectivity index (χ0) is 13.7. The number of carbonyl (C=O) groups is 2. The van der Waals surface area contributed by atoms with Crippen LogP contribution in [-0.4, -0.2) is 67.3 Å². The average molecular weight is 258 g/mol. The van der Waals surface area contributed by atoms with Gasteiger partial charge in [0.2, 0.25) is 5.91 Å². The van der Waals surface area contributed by atoms with Crippen LogP contribution in [0.2, 0.25) is 0 Å². The Bertz CT molecular complexity index is 308. The molecule has 6 nitrogen and oxygen atoms in total. The molecule has 0 aliphatic carbocycles. The molecule has 0 N–H and O–H groups in total. The Labute approximate surface area is 108 Å². The Hall–Kier alpha value is -1.30. The maximum atomic E-state index is 12.1. The number of ether oxygens (including phenoxy) is 2. The van der Waals surface area contributed by atoms with Crippen LogP contribution in [0.15, 0.2) is 0 Å². The van der Waals surface area contributed by atoms with Crippen molar-refractivity contribution >= 4 is 12.0 Å². The summed E-state index contributed by atoms with van der Waals surface area (Å²) >= 11 is 0. The Morgan fingerprint density at radius 2 is 2.11 bits per heavy atom. The normalized spacial score (nSPS) is 23.7. The van der Waals surface area contributed by atoms with E-state index in [0.717, 1.165) is 0 Å². The van der Waals surface area contributed by atoms with E-state index in [2.05, 4.69) is 0 Å². The van der Waals surface area contributed by atoms with Crippen LogP contribution < -0.4 is 0 Å². The third kappa shape index (κ3) is 3.87. The summed E-state index contributed by atoms with van der Waals surface area (Å²) in [6, 6.07) is 0.0456. The maximum Gasteiger partial charge on any atom is 0.409 e. The van der Waals surface area contributed by atoms with Crippen molar-refractivity contribution in [2.45, 2.75) is 32.9 Å². The highest BCUT2D eigenvalue weighted by Gasteiger charge is 2.28. The van der Waals surface area contributed by atoms with Gasteiger partial charge >= 0.3 is 6.09 Å². The summed E-state index contributed by atoms with van der Waals surface area (Å²) in [5, 5.41) is 0. The standard InChI is InChI=1S/C12H22N2O4/c1-5-17-12(16)13(4)7-11(15)14-6-10(3)18-8-9(14)2/h9-10H,5-8H2,1-4H3/t9-,10+/m0/s1. The smallest absolute Gasteiger partial charge is 0.409 e. The van der Waals surface area contributed by atoms with Crippen LogP contribution in [0.25, 0.3) is 0 Å². The zero-order valence-electron chi connectivity index (χ0n) is 11.5. The highest BCUT2D eigenvalue weighted by Crippen LogP contribution is 2.11. The van der Waals surface area contributed by atoms with Crippen LogP contribution in [-0.2, 0) is 14.3 Å². The quantitative estimate of drug-likeness (QED) is 0.748. The molecule has 2 atom stereocenters. The molecule has 104 valence electrons. The first kappa shape index (κ1) is 14.8. The van der Waals surface area contributed by atoms with Gasteiger partial charge in [0.05, 0.1) is 25.4 Å². The van der Waals surface area contributed by atoms with E-state index >= 15 is 0 Å². The molecule has 0 aromatic rings. The van der Waals surface area contributed by atoms with Crippen molar-refractivity contribution in [2.75, 3.05) is 33.4 Å². The molecule has 0 aromatic carbocycles. The molecule has 1 aliphatic heterocycles. The summed E-state index contributed by atoms with van der Waals surface area (Å²) in [5.41, 5.74) is 0. The molecule has 2 amide bonds. The zero-order valence-corrected chi connectivity index (χ0v) is 11.5. The molecule has 18 heavy (non-hydrogen) atoms. The second-order valence-corrected chi connectivity index (χ2v) is 4.59. The lowest BCUT2D eigenvalue weighted by Gasteiger charge is -2.37. The van der Waals surface area contributed by atoms with Crippen LogP contribution in [0.4, 0.5) is 4.79 Å². The predicted molar refractivity (Wildman–Crippen MR) is 66.2 cm³/mol. The molecular weight excluding hydrogens is 236 g/mol. The Balaban J connectivity index is 2.50. The van der Waals surface area contributed by atoms with Crippen molar-refractivity contribution < 1.29 is 19.1 Å². The highest BCUT2D eigenvalue weighted by atomic mass is 16.6. The van der Waals surface area contributed by atoms with E-state index in [9.17, 15) is 9.59 Å². The fraction of sp³-hybridized carbons (Fsp3) is 0.833. The first-order chi connectivity index (χ1) is 8.45. The molecule has 0 unspecified atom stereocenters. The van der Waals surface area contributed by atoms with Crippen LogP contribution in [0.1, 0.15) is 20.8 Å². The maximum absolute atomic E-state index is 12.1. The van der Waals surface area contributed by atoms with Crippen molar-refractivity contribution in [1.29, 1.82) is 0 Å². The molecule has 1 saturated heterocycles. The average Bonchev–Trinajstić information content (AvgIpc) is 2.32. The van der Waals surface area contributed by atoms with E-state index in [-0.39, 0.29) is 24.6 Å².